The van der Waals surface area contributed by atoms with E-state index < -0.39 is 0 Å². The van der Waals surface area contributed by atoms with Gasteiger partial charge in [-0.1, -0.05) is 48.9 Å². The number of halogens is 1. The lowest BCUT2D eigenvalue weighted by molar-refractivity contribution is -0.149. The van der Waals surface area contributed by atoms with Crippen LogP contribution in [0.3, 0.4) is 0 Å². The maximum absolute atomic E-state index is 11.9. The maximum Gasteiger partial charge on any atom is 0.306 e. The summed E-state index contributed by atoms with van der Waals surface area (Å²) in [4.78, 5) is 11.9. The second-order valence-electron chi connectivity index (χ2n) is 7.11. The molecule has 2 N–H and O–H groups in total. The Morgan fingerprint density at radius 2 is 2.04 bits per heavy atom. The molecule has 0 amide bonds. The first-order chi connectivity index (χ1) is 12.1. The van der Waals surface area contributed by atoms with E-state index in [4.69, 9.17) is 22.1 Å². The van der Waals surface area contributed by atoms with Gasteiger partial charge in [0.25, 0.3) is 0 Å². The molecule has 2 aromatic rings. The number of ether oxygens (including phenoxy) is 1. The number of nitrogens with two attached hydrogens (primary N) is 1. The van der Waals surface area contributed by atoms with Crippen LogP contribution in [-0.2, 0) is 14.9 Å². The highest BCUT2D eigenvalue weighted by Gasteiger charge is 2.54. The van der Waals surface area contributed by atoms with Crippen LogP contribution in [0.1, 0.15) is 55.4 Å². The molecule has 0 saturated heterocycles. The standard InChI is InChI=1S/C21H22ClNO2/c1-2-20(24)25-19-12-21(13-7-8-13,16-6-4-3-5-15(16)19)14-9-10-17(22)18(23)11-14/h3-6,9-11,13,19H,2,7-8,12,23H2,1H3/t19?,21-/m0/s1. The highest BCUT2D eigenvalue weighted by molar-refractivity contribution is 6.33. The van der Waals surface area contributed by atoms with Crippen LogP contribution < -0.4 is 5.73 Å². The van der Waals surface area contributed by atoms with Crippen LogP contribution in [0.4, 0.5) is 5.69 Å². The summed E-state index contributed by atoms with van der Waals surface area (Å²) in [7, 11) is 0. The highest BCUT2D eigenvalue weighted by atomic mass is 35.5. The average Bonchev–Trinajstić information content (AvgIpc) is 3.42. The van der Waals surface area contributed by atoms with Gasteiger partial charge in [-0.2, -0.15) is 0 Å². The van der Waals surface area contributed by atoms with Gasteiger partial charge in [0, 0.05) is 18.3 Å². The van der Waals surface area contributed by atoms with Gasteiger partial charge in [0.15, 0.2) is 0 Å². The summed E-state index contributed by atoms with van der Waals surface area (Å²) in [6.45, 7) is 1.83. The van der Waals surface area contributed by atoms with E-state index in [2.05, 4.69) is 24.3 Å². The molecule has 4 rings (SSSR count). The minimum atomic E-state index is -0.193. The molecule has 0 aliphatic heterocycles. The molecule has 0 heterocycles. The topological polar surface area (TPSA) is 52.3 Å². The summed E-state index contributed by atoms with van der Waals surface area (Å²) in [5.74, 6) is 0.404. The van der Waals surface area contributed by atoms with Gasteiger partial charge in [-0.25, -0.2) is 0 Å². The number of carbonyl (C=O) groups excluding carboxylic acids is 1. The van der Waals surface area contributed by atoms with Crippen molar-refractivity contribution in [2.24, 2.45) is 5.92 Å². The van der Waals surface area contributed by atoms with Crippen molar-refractivity contribution in [3.05, 3.63) is 64.2 Å². The quantitative estimate of drug-likeness (QED) is 0.619. The first-order valence-corrected chi connectivity index (χ1v) is 9.28. The summed E-state index contributed by atoms with van der Waals surface area (Å²) in [5.41, 5.74) is 10.1. The monoisotopic (exact) mass is 355 g/mol. The van der Waals surface area contributed by atoms with Gasteiger partial charge in [-0.3, -0.25) is 4.79 Å². The summed E-state index contributed by atoms with van der Waals surface area (Å²) in [5, 5.41) is 0.579. The summed E-state index contributed by atoms with van der Waals surface area (Å²) >= 11 is 6.15. The Morgan fingerprint density at radius 1 is 1.28 bits per heavy atom. The van der Waals surface area contributed by atoms with E-state index in [9.17, 15) is 4.79 Å². The molecule has 2 aliphatic rings. The molecule has 1 fully saturated rings. The zero-order chi connectivity index (χ0) is 17.6. The molecule has 0 bridgehead atoms. The summed E-state index contributed by atoms with van der Waals surface area (Å²) < 4.78 is 5.80. The normalized spacial score (nSPS) is 24.8. The van der Waals surface area contributed by atoms with Crippen LogP contribution in [0.15, 0.2) is 42.5 Å². The summed E-state index contributed by atoms with van der Waals surface area (Å²) in [6, 6.07) is 14.3. The number of carbonyl (C=O) groups is 1. The highest BCUT2D eigenvalue weighted by Crippen LogP contribution is 2.61. The molecule has 130 valence electrons. The Labute approximate surface area is 153 Å². The zero-order valence-electron chi connectivity index (χ0n) is 14.3. The van der Waals surface area contributed by atoms with E-state index in [1.807, 2.05) is 25.1 Å². The van der Waals surface area contributed by atoms with E-state index >= 15 is 0 Å². The summed E-state index contributed by atoms with van der Waals surface area (Å²) in [6.07, 6.45) is 3.35. The smallest absolute Gasteiger partial charge is 0.306 e. The maximum atomic E-state index is 11.9. The number of benzene rings is 2. The van der Waals surface area contributed by atoms with Crippen LogP contribution in [0, 0.1) is 5.92 Å². The van der Waals surface area contributed by atoms with Crippen LogP contribution >= 0.6 is 11.6 Å². The largest absolute Gasteiger partial charge is 0.457 e. The number of fused-ring (bicyclic) bond motifs is 1. The Kier molecular flexibility index (Phi) is 3.99. The van der Waals surface area contributed by atoms with Crippen molar-refractivity contribution in [2.75, 3.05) is 5.73 Å². The van der Waals surface area contributed by atoms with Crippen molar-refractivity contribution in [1.82, 2.24) is 0 Å². The van der Waals surface area contributed by atoms with E-state index in [1.165, 1.54) is 24.0 Å². The van der Waals surface area contributed by atoms with Crippen LogP contribution in [-0.4, -0.2) is 5.97 Å². The molecule has 0 spiro atoms. The Bertz CT molecular complexity index is 830. The van der Waals surface area contributed by atoms with E-state index in [1.54, 1.807) is 0 Å². The molecule has 1 saturated carbocycles. The Morgan fingerprint density at radius 3 is 2.72 bits per heavy atom. The predicted molar refractivity (Wildman–Crippen MR) is 99.6 cm³/mol. The fraction of sp³-hybridized carbons (Fsp3) is 0.381. The van der Waals surface area contributed by atoms with Crippen molar-refractivity contribution < 1.29 is 9.53 Å². The van der Waals surface area contributed by atoms with E-state index in [-0.39, 0.29) is 17.5 Å². The molecule has 2 atom stereocenters. The van der Waals surface area contributed by atoms with Gasteiger partial charge >= 0.3 is 5.97 Å². The lowest BCUT2D eigenvalue weighted by atomic mass is 9.71. The van der Waals surface area contributed by atoms with Gasteiger partial charge in [-0.05, 0) is 47.6 Å². The van der Waals surface area contributed by atoms with Crippen molar-refractivity contribution in [2.45, 2.75) is 44.1 Å². The lowest BCUT2D eigenvalue weighted by Gasteiger charge is -2.32. The fourth-order valence-corrected chi connectivity index (χ4v) is 4.45. The van der Waals surface area contributed by atoms with Crippen molar-refractivity contribution in [3.63, 3.8) is 0 Å². The number of esters is 1. The fourth-order valence-electron chi connectivity index (χ4n) is 4.34. The third-order valence-corrected chi connectivity index (χ3v) is 5.99. The van der Waals surface area contributed by atoms with Gasteiger partial charge in [0.2, 0.25) is 0 Å². The molecule has 1 unspecified atom stereocenters. The van der Waals surface area contributed by atoms with Gasteiger partial charge in [0.1, 0.15) is 6.10 Å². The molecule has 25 heavy (non-hydrogen) atoms. The third kappa shape index (κ3) is 2.62. The number of nitrogen functional groups attached to an aromatic ring is 1. The first-order valence-electron chi connectivity index (χ1n) is 8.90. The van der Waals surface area contributed by atoms with E-state index in [0.29, 0.717) is 23.0 Å². The molecular weight excluding hydrogens is 334 g/mol. The average molecular weight is 356 g/mol. The van der Waals surface area contributed by atoms with Crippen molar-refractivity contribution in [3.8, 4) is 0 Å². The van der Waals surface area contributed by atoms with Crippen LogP contribution in [0.2, 0.25) is 5.02 Å². The second kappa shape index (κ2) is 6.06. The number of hydrogen-bond acceptors (Lipinski definition) is 3. The number of anilines is 1. The molecule has 4 heteroatoms. The van der Waals surface area contributed by atoms with Crippen molar-refractivity contribution >= 4 is 23.3 Å². The van der Waals surface area contributed by atoms with Crippen LogP contribution in [0.5, 0.6) is 0 Å². The predicted octanol–water partition coefficient (Wildman–Crippen LogP) is 5.02. The second-order valence-corrected chi connectivity index (χ2v) is 7.51. The van der Waals surface area contributed by atoms with Crippen molar-refractivity contribution in [1.29, 1.82) is 0 Å². The molecule has 2 aromatic carbocycles. The van der Waals surface area contributed by atoms with Gasteiger partial charge < -0.3 is 10.5 Å². The minimum Gasteiger partial charge on any atom is -0.457 e. The molecular formula is C21H22ClNO2. The third-order valence-electron chi connectivity index (χ3n) is 5.64. The molecule has 0 aromatic heterocycles. The zero-order valence-corrected chi connectivity index (χ0v) is 15.1. The molecule has 3 nitrogen and oxygen atoms in total. The first kappa shape index (κ1) is 16.5. The Hall–Kier alpha value is -2.00. The lowest BCUT2D eigenvalue weighted by Crippen LogP contribution is -2.28. The van der Waals surface area contributed by atoms with Crippen LogP contribution in [0.25, 0.3) is 0 Å². The van der Waals surface area contributed by atoms with Gasteiger partial charge in [-0.15, -0.1) is 0 Å². The minimum absolute atomic E-state index is 0.145. The Balaban J connectivity index is 1.85. The molecule has 2 aliphatic carbocycles. The number of hydrogen-bond donors (Lipinski definition) is 1. The number of rotatable bonds is 4. The SMILES string of the molecule is CCC(=O)OC1C[C@@](c2ccc(Cl)c(N)c2)(C2CC2)c2ccccc21. The van der Waals surface area contributed by atoms with E-state index in [0.717, 1.165) is 12.0 Å². The molecule has 0 radical (unpaired) electrons. The van der Waals surface area contributed by atoms with Gasteiger partial charge in [0.05, 0.1) is 10.7 Å².